The Labute approximate surface area is 154 Å². The van der Waals surface area contributed by atoms with E-state index in [0.717, 1.165) is 15.3 Å². The van der Waals surface area contributed by atoms with Crippen LogP contribution in [0.25, 0.3) is 16.8 Å². The maximum absolute atomic E-state index is 12.6. The van der Waals surface area contributed by atoms with Crippen molar-refractivity contribution in [1.82, 2.24) is 9.13 Å². The molecule has 1 N–H and O–H groups in total. The van der Waals surface area contributed by atoms with Gasteiger partial charge >= 0.3 is 5.69 Å². The smallest absolute Gasteiger partial charge is 0.321 e. The van der Waals surface area contributed by atoms with E-state index in [1.165, 1.54) is 30.9 Å². The number of benzene rings is 2. The topological polar surface area (TPSA) is 96.9 Å². The number of nitrogens with one attached hydrogen (secondary N) is 1. The Balaban J connectivity index is 2.00. The lowest BCUT2D eigenvalue weighted by atomic mass is 10.1. The van der Waals surface area contributed by atoms with Gasteiger partial charge in [0.2, 0.25) is 0 Å². The van der Waals surface area contributed by atoms with Gasteiger partial charge in [-0.3, -0.25) is 14.2 Å². The summed E-state index contributed by atoms with van der Waals surface area (Å²) in [5.74, 6) is -0.634. The van der Waals surface area contributed by atoms with Crippen molar-refractivity contribution in [3.63, 3.8) is 0 Å². The minimum Gasteiger partial charge on any atom is -0.321 e. The third kappa shape index (κ3) is 3.41. The van der Waals surface area contributed by atoms with Crippen LogP contribution < -0.4 is 16.6 Å². The van der Waals surface area contributed by atoms with Gasteiger partial charge in [0.05, 0.1) is 5.56 Å². The fraction of sp³-hybridized carbons (Fsp3) is 0.100. The van der Waals surface area contributed by atoms with Crippen molar-refractivity contribution in [1.29, 1.82) is 5.26 Å². The highest BCUT2D eigenvalue weighted by molar-refractivity contribution is 6.12. The average Bonchev–Trinajstić information content (AvgIpc) is 2.68. The molecule has 2 aromatic carbocycles. The largest absolute Gasteiger partial charge is 0.330 e. The quantitative estimate of drug-likeness (QED) is 0.569. The molecule has 1 heterocycles. The van der Waals surface area contributed by atoms with Crippen LogP contribution in [0.5, 0.6) is 0 Å². The predicted molar refractivity (Wildman–Crippen MR) is 103 cm³/mol. The number of fused-ring (bicyclic) bond motifs is 1. The molecule has 27 heavy (non-hydrogen) atoms. The fourth-order valence-corrected chi connectivity index (χ4v) is 2.76. The molecule has 0 aliphatic carbocycles. The van der Waals surface area contributed by atoms with E-state index < -0.39 is 17.2 Å². The molecule has 0 bridgehead atoms. The second kappa shape index (κ2) is 7.14. The van der Waals surface area contributed by atoms with Gasteiger partial charge in [-0.25, -0.2) is 4.79 Å². The zero-order valence-corrected chi connectivity index (χ0v) is 14.8. The summed E-state index contributed by atoms with van der Waals surface area (Å²) in [6, 6.07) is 14.8. The van der Waals surface area contributed by atoms with Crippen LogP contribution in [0.3, 0.4) is 0 Å². The number of carbonyl (C=O) groups is 1. The number of hydrogen-bond acceptors (Lipinski definition) is 4. The van der Waals surface area contributed by atoms with Crippen LogP contribution in [0.1, 0.15) is 5.56 Å². The van der Waals surface area contributed by atoms with Gasteiger partial charge in [0.15, 0.2) is 0 Å². The maximum atomic E-state index is 12.6. The van der Waals surface area contributed by atoms with Crippen molar-refractivity contribution in [3.8, 4) is 6.07 Å². The number of nitriles is 1. The molecular formula is C20H16N4O3. The number of aryl methyl sites for hydroxylation is 1. The monoisotopic (exact) mass is 360 g/mol. The third-order valence-electron chi connectivity index (χ3n) is 4.18. The van der Waals surface area contributed by atoms with Gasteiger partial charge in [-0.15, -0.1) is 0 Å². The van der Waals surface area contributed by atoms with Crippen LogP contribution in [0.2, 0.25) is 0 Å². The van der Waals surface area contributed by atoms with E-state index >= 15 is 0 Å². The van der Waals surface area contributed by atoms with Crippen LogP contribution >= 0.6 is 0 Å². The van der Waals surface area contributed by atoms with Gasteiger partial charge in [0.25, 0.3) is 11.5 Å². The number of rotatable bonds is 3. The molecule has 0 aliphatic heterocycles. The third-order valence-corrected chi connectivity index (χ3v) is 4.18. The Morgan fingerprint density at radius 1 is 1.11 bits per heavy atom. The molecule has 1 amide bonds. The lowest BCUT2D eigenvalue weighted by Gasteiger charge is -2.08. The van der Waals surface area contributed by atoms with E-state index in [2.05, 4.69) is 5.32 Å². The standard InChI is InChI=1S/C20H16N4O3/c1-23-12-15(19(26)24(2)20(23)27)10-14(11-21)18(25)22-17-9-5-7-13-6-3-4-8-16(13)17/h3-10,12H,1-2H3,(H,22,25)/b14-10+. The summed E-state index contributed by atoms with van der Waals surface area (Å²) < 4.78 is 2.13. The normalized spacial score (nSPS) is 11.2. The van der Waals surface area contributed by atoms with Gasteiger partial charge in [-0.1, -0.05) is 36.4 Å². The molecular weight excluding hydrogens is 344 g/mol. The van der Waals surface area contributed by atoms with E-state index in [1.807, 2.05) is 36.4 Å². The number of amides is 1. The van der Waals surface area contributed by atoms with Crippen molar-refractivity contribution in [2.45, 2.75) is 0 Å². The molecule has 3 rings (SSSR count). The van der Waals surface area contributed by atoms with E-state index in [9.17, 15) is 19.6 Å². The first-order valence-corrected chi connectivity index (χ1v) is 8.10. The van der Waals surface area contributed by atoms with Gasteiger partial charge in [-0.05, 0) is 17.5 Å². The first-order chi connectivity index (χ1) is 12.9. The van der Waals surface area contributed by atoms with Gasteiger partial charge in [0, 0.05) is 31.4 Å². The van der Waals surface area contributed by atoms with Crippen molar-refractivity contribution < 1.29 is 4.79 Å². The van der Waals surface area contributed by atoms with Crippen molar-refractivity contribution in [2.24, 2.45) is 14.1 Å². The minimum atomic E-state index is -0.634. The van der Waals surface area contributed by atoms with E-state index in [1.54, 1.807) is 12.1 Å². The molecule has 0 saturated heterocycles. The fourth-order valence-electron chi connectivity index (χ4n) is 2.76. The Kier molecular flexibility index (Phi) is 4.73. The zero-order valence-electron chi connectivity index (χ0n) is 14.8. The van der Waals surface area contributed by atoms with Gasteiger partial charge < -0.3 is 9.88 Å². The van der Waals surface area contributed by atoms with Crippen LogP contribution in [0, 0.1) is 11.3 Å². The van der Waals surface area contributed by atoms with Crippen molar-refractivity contribution in [3.05, 3.63) is 80.6 Å². The predicted octanol–water partition coefficient (Wildman–Crippen LogP) is 1.78. The van der Waals surface area contributed by atoms with Crippen molar-refractivity contribution >= 4 is 28.4 Å². The first-order valence-electron chi connectivity index (χ1n) is 8.10. The molecule has 134 valence electrons. The molecule has 0 spiro atoms. The van der Waals surface area contributed by atoms with Crippen LogP contribution in [-0.2, 0) is 18.9 Å². The summed E-state index contributed by atoms with van der Waals surface area (Å²) in [5.41, 5.74) is -0.671. The molecule has 0 aliphatic rings. The first kappa shape index (κ1) is 17.9. The molecule has 0 radical (unpaired) electrons. The van der Waals surface area contributed by atoms with Crippen LogP contribution in [-0.4, -0.2) is 15.0 Å². The molecule has 1 aromatic heterocycles. The van der Waals surface area contributed by atoms with Gasteiger partial charge in [-0.2, -0.15) is 5.26 Å². The summed E-state index contributed by atoms with van der Waals surface area (Å²) in [7, 11) is 2.82. The summed E-state index contributed by atoms with van der Waals surface area (Å²) in [6.07, 6.45) is 2.48. The lowest BCUT2D eigenvalue weighted by molar-refractivity contribution is -0.112. The van der Waals surface area contributed by atoms with Crippen molar-refractivity contribution in [2.75, 3.05) is 5.32 Å². The number of hydrogen-bond donors (Lipinski definition) is 1. The van der Waals surface area contributed by atoms with Crippen LogP contribution in [0.15, 0.2) is 63.8 Å². The van der Waals surface area contributed by atoms with E-state index in [4.69, 9.17) is 0 Å². The Morgan fingerprint density at radius 2 is 1.81 bits per heavy atom. The van der Waals surface area contributed by atoms with E-state index in [-0.39, 0.29) is 11.1 Å². The highest BCUT2D eigenvalue weighted by Gasteiger charge is 2.13. The summed E-state index contributed by atoms with van der Waals surface area (Å²) >= 11 is 0. The molecule has 0 fully saturated rings. The average molecular weight is 360 g/mol. The second-order valence-electron chi connectivity index (χ2n) is 5.99. The lowest BCUT2D eigenvalue weighted by Crippen LogP contribution is -2.37. The number of carbonyl (C=O) groups excluding carboxylic acids is 1. The van der Waals surface area contributed by atoms with Gasteiger partial charge in [0.1, 0.15) is 11.6 Å². The minimum absolute atomic E-state index is 0.0734. The molecule has 3 aromatic rings. The Hall–Kier alpha value is -3.92. The maximum Gasteiger partial charge on any atom is 0.330 e. The summed E-state index contributed by atoms with van der Waals surface area (Å²) in [6.45, 7) is 0. The van der Waals surface area contributed by atoms with E-state index in [0.29, 0.717) is 5.69 Å². The number of nitrogens with zero attached hydrogens (tertiary/aromatic N) is 3. The zero-order chi connectivity index (χ0) is 19.6. The Morgan fingerprint density at radius 3 is 2.56 bits per heavy atom. The Bertz CT molecular complexity index is 1240. The second-order valence-corrected chi connectivity index (χ2v) is 5.99. The highest BCUT2D eigenvalue weighted by atomic mass is 16.2. The summed E-state index contributed by atoms with van der Waals surface area (Å²) in [5, 5.41) is 13.9. The molecule has 7 heteroatoms. The molecule has 0 atom stereocenters. The molecule has 7 nitrogen and oxygen atoms in total. The summed E-state index contributed by atoms with van der Waals surface area (Å²) in [4.78, 5) is 36.5. The highest BCUT2D eigenvalue weighted by Crippen LogP contribution is 2.23. The SMILES string of the molecule is Cn1cc(/C=C(\C#N)C(=O)Nc2cccc3ccccc23)c(=O)n(C)c1=O. The van der Waals surface area contributed by atoms with Crippen LogP contribution in [0.4, 0.5) is 5.69 Å². The molecule has 0 saturated carbocycles. The number of anilines is 1. The molecule has 0 unspecified atom stereocenters. The number of aromatic nitrogens is 2.